The molecule has 2 aromatic heterocycles. The Morgan fingerprint density at radius 3 is 2.07 bits per heavy atom. The van der Waals surface area contributed by atoms with Crippen molar-refractivity contribution in [1.82, 2.24) is 9.97 Å². The molecule has 0 bridgehead atoms. The molecule has 0 atom stereocenters. The lowest BCUT2D eigenvalue weighted by Crippen LogP contribution is -1.91. The molecule has 0 unspecified atom stereocenters. The smallest absolute Gasteiger partial charge is 0.313 e. The van der Waals surface area contributed by atoms with Crippen LogP contribution in [0.1, 0.15) is 5.56 Å². The van der Waals surface area contributed by atoms with Crippen molar-refractivity contribution < 1.29 is 10.0 Å². The molecule has 0 aliphatic carbocycles. The summed E-state index contributed by atoms with van der Waals surface area (Å²) < 4.78 is 0.295. The molecule has 2 aromatic carbocycles. The van der Waals surface area contributed by atoms with Gasteiger partial charge in [0.1, 0.15) is 0 Å². The molecule has 2 heterocycles. The van der Waals surface area contributed by atoms with Crippen molar-refractivity contribution >= 4 is 50.1 Å². The van der Waals surface area contributed by atoms with Gasteiger partial charge in [0.2, 0.25) is 5.75 Å². The standard InChI is InChI=1S/C12H8N2.C7H3IN2O3/c1-3-9-5-6-10-4-2-8-14-12(10)11(9)13-7-1;8-5-1-4(3-9)2-6(7(5)11)10(12)13/h1-8H;1-2,11H. The third kappa shape index (κ3) is 3.93. The molecule has 0 spiro atoms. The maximum atomic E-state index is 10.4. The van der Waals surface area contributed by atoms with E-state index in [-0.39, 0.29) is 5.56 Å². The number of benzene rings is 2. The second kappa shape index (κ2) is 7.92. The summed E-state index contributed by atoms with van der Waals surface area (Å²) in [5, 5.41) is 30.4. The second-order valence-corrected chi connectivity index (χ2v) is 6.57. The van der Waals surface area contributed by atoms with E-state index in [4.69, 9.17) is 5.26 Å². The number of phenolic OH excluding ortho intramolecular Hbond substituents is 1. The number of fused-ring (bicyclic) bond motifs is 3. The summed E-state index contributed by atoms with van der Waals surface area (Å²) in [5.74, 6) is -0.399. The number of halogens is 1. The number of rotatable bonds is 1. The average Bonchev–Trinajstić information content (AvgIpc) is 2.70. The fraction of sp³-hybridized carbons (Fsp3) is 0. The van der Waals surface area contributed by atoms with E-state index in [2.05, 4.69) is 34.2 Å². The van der Waals surface area contributed by atoms with Gasteiger partial charge in [-0.2, -0.15) is 5.26 Å². The number of nitro benzene ring substituents is 1. The monoisotopic (exact) mass is 470 g/mol. The first-order valence-electron chi connectivity index (χ1n) is 7.66. The van der Waals surface area contributed by atoms with Crippen LogP contribution in [0.25, 0.3) is 21.8 Å². The lowest BCUT2D eigenvalue weighted by molar-refractivity contribution is -0.386. The molecule has 0 saturated carbocycles. The number of pyridine rings is 2. The molecule has 0 aliphatic rings. The Morgan fingerprint density at radius 2 is 1.59 bits per heavy atom. The van der Waals surface area contributed by atoms with Gasteiger partial charge in [-0.15, -0.1) is 0 Å². The highest BCUT2D eigenvalue weighted by molar-refractivity contribution is 14.1. The Bertz CT molecular complexity index is 1150. The van der Waals surface area contributed by atoms with Gasteiger partial charge in [0.05, 0.1) is 31.2 Å². The molecule has 27 heavy (non-hydrogen) atoms. The zero-order chi connectivity index (χ0) is 19.4. The van der Waals surface area contributed by atoms with Crippen LogP contribution in [0.3, 0.4) is 0 Å². The summed E-state index contributed by atoms with van der Waals surface area (Å²) in [4.78, 5) is 18.3. The van der Waals surface area contributed by atoms with E-state index < -0.39 is 16.4 Å². The number of aromatic hydroxyl groups is 1. The fourth-order valence-electron chi connectivity index (χ4n) is 2.47. The maximum Gasteiger partial charge on any atom is 0.313 e. The second-order valence-electron chi connectivity index (χ2n) is 5.41. The zero-order valence-electron chi connectivity index (χ0n) is 13.7. The van der Waals surface area contributed by atoms with Crippen molar-refractivity contribution in [2.24, 2.45) is 0 Å². The van der Waals surface area contributed by atoms with E-state index in [0.29, 0.717) is 3.57 Å². The highest BCUT2D eigenvalue weighted by atomic mass is 127. The largest absolute Gasteiger partial charge is 0.501 e. The normalized spacial score (nSPS) is 10.1. The SMILES string of the molecule is N#Cc1cc(I)c(O)c([N+](=O)[O-])c1.c1cnc2c(c1)ccc1cccnc12. The fourth-order valence-corrected chi connectivity index (χ4v) is 3.08. The quantitative estimate of drug-likeness (QED) is 0.189. The van der Waals surface area contributed by atoms with Crippen LogP contribution >= 0.6 is 22.6 Å². The van der Waals surface area contributed by atoms with E-state index in [1.807, 2.05) is 12.1 Å². The molecule has 0 saturated heterocycles. The minimum Gasteiger partial charge on any atom is -0.501 e. The van der Waals surface area contributed by atoms with Crippen LogP contribution in [0, 0.1) is 25.0 Å². The molecule has 7 nitrogen and oxygen atoms in total. The number of aromatic nitrogens is 2. The van der Waals surface area contributed by atoms with Crippen molar-refractivity contribution in [3.8, 4) is 11.8 Å². The van der Waals surface area contributed by atoms with Crippen LogP contribution in [-0.2, 0) is 0 Å². The van der Waals surface area contributed by atoms with Crippen LogP contribution in [0.4, 0.5) is 5.69 Å². The molecule has 132 valence electrons. The Morgan fingerprint density at radius 1 is 1.04 bits per heavy atom. The Hall–Kier alpha value is -3.32. The van der Waals surface area contributed by atoms with E-state index in [9.17, 15) is 15.2 Å². The minimum absolute atomic E-state index is 0.161. The summed E-state index contributed by atoms with van der Waals surface area (Å²) in [6, 6.07) is 16.3. The van der Waals surface area contributed by atoms with Crippen molar-refractivity contribution in [2.75, 3.05) is 0 Å². The van der Waals surface area contributed by atoms with E-state index in [1.54, 1.807) is 41.1 Å². The van der Waals surface area contributed by atoms with Crippen LogP contribution in [0.5, 0.6) is 5.75 Å². The van der Waals surface area contributed by atoms with Crippen LogP contribution in [0.2, 0.25) is 0 Å². The Kier molecular flexibility index (Phi) is 5.42. The Labute approximate surface area is 167 Å². The summed E-state index contributed by atoms with van der Waals surface area (Å²) in [6.45, 7) is 0. The highest BCUT2D eigenvalue weighted by Gasteiger charge is 2.17. The number of hydrogen-bond acceptors (Lipinski definition) is 6. The maximum absolute atomic E-state index is 10.4. The van der Waals surface area contributed by atoms with Crippen molar-refractivity contribution in [3.63, 3.8) is 0 Å². The number of nitriles is 1. The van der Waals surface area contributed by atoms with E-state index in [0.717, 1.165) is 27.9 Å². The average molecular weight is 470 g/mol. The minimum atomic E-state index is -0.724. The molecule has 4 rings (SSSR count). The van der Waals surface area contributed by atoms with Gasteiger partial charge in [0.15, 0.2) is 0 Å². The van der Waals surface area contributed by atoms with E-state index in [1.165, 1.54) is 6.07 Å². The number of hydrogen-bond donors (Lipinski definition) is 1. The van der Waals surface area contributed by atoms with Gasteiger partial charge in [0, 0.05) is 29.2 Å². The van der Waals surface area contributed by atoms with Gasteiger partial charge in [-0.3, -0.25) is 20.1 Å². The lowest BCUT2D eigenvalue weighted by atomic mass is 10.1. The number of phenols is 1. The van der Waals surface area contributed by atoms with Gasteiger partial charge in [-0.25, -0.2) is 0 Å². The number of nitrogens with zero attached hydrogens (tertiary/aromatic N) is 4. The van der Waals surface area contributed by atoms with Crippen molar-refractivity contribution in [2.45, 2.75) is 0 Å². The molecule has 1 N–H and O–H groups in total. The molecule has 0 amide bonds. The van der Waals surface area contributed by atoms with Gasteiger partial charge in [-0.1, -0.05) is 24.3 Å². The molecule has 4 aromatic rings. The zero-order valence-corrected chi connectivity index (χ0v) is 15.9. The summed E-state index contributed by atoms with van der Waals surface area (Å²) in [6.07, 6.45) is 3.60. The molecule has 0 radical (unpaired) electrons. The first-order chi connectivity index (χ1) is 13.0. The predicted molar refractivity (Wildman–Crippen MR) is 109 cm³/mol. The molecule has 8 heteroatoms. The van der Waals surface area contributed by atoms with Gasteiger partial charge >= 0.3 is 5.69 Å². The predicted octanol–water partition coefficient (Wildman–Crippen LogP) is 4.56. The first-order valence-corrected chi connectivity index (χ1v) is 8.74. The molecular weight excluding hydrogens is 459 g/mol. The lowest BCUT2D eigenvalue weighted by Gasteiger charge is -2.00. The van der Waals surface area contributed by atoms with E-state index >= 15 is 0 Å². The van der Waals surface area contributed by atoms with Crippen molar-refractivity contribution in [1.29, 1.82) is 5.26 Å². The summed E-state index contributed by atoms with van der Waals surface area (Å²) >= 11 is 1.73. The van der Waals surface area contributed by atoms with Gasteiger partial charge in [-0.05, 0) is 40.8 Å². The molecular formula is C19H11IN4O3. The summed E-state index contributed by atoms with van der Waals surface area (Å²) in [7, 11) is 0. The number of nitro groups is 1. The van der Waals surface area contributed by atoms with Crippen LogP contribution < -0.4 is 0 Å². The topological polar surface area (TPSA) is 113 Å². The van der Waals surface area contributed by atoms with Gasteiger partial charge in [0.25, 0.3) is 0 Å². The van der Waals surface area contributed by atoms with Crippen LogP contribution in [-0.4, -0.2) is 20.0 Å². The highest BCUT2D eigenvalue weighted by Crippen LogP contribution is 2.31. The van der Waals surface area contributed by atoms with Crippen LogP contribution in [0.15, 0.2) is 60.9 Å². The Balaban J connectivity index is 0.000000157. The third-order valence-electron chi connectivity index (χ3n) is 3.71. The molecule has 0 aliphatic heterocycles. The van der Waals surface area contributed by atoms with Gasteiger partial charge < -0.3 is 5.11 Å². The molecule has 0 fully saturated rings. The third-order valence-corrected chi connectivity index (χ3v) is 4.54. The summed E-state index contributed by atoms with van der Waals surface area (Å²) in [5.41, 5.74) is 1.67. The van der Waals surface area contributed by atoms with Crippen molar-refractivity contribution in [3.05, 3.63) is 80.2 Å². The first kappa shape index (κ1) is 18.5.